The van der Waals surface area contributed by atoms with E-state index in [1.54, 1.807) is 11.8 Å². The van der Waals surface area contributed by atoms with Gasteiger partial charge in [-0.1, -0.05) is 28.9 Å². The van der Waals surface area contributed by atoms with Crippen molar-refractivity contribution in [2.45, 2.75) is 16.7 Å². The molecule has 1 aliphatic heterocycles. The van der Waals surface area contributed by atoms with E-state index in [1.165, 1.54) is 0 Å². The van der Waals surface area contributed by atoms with Crippen LogP contribution in [0.5, 0.6) is 0 Å². The van der Waals surface area contributed by atoms with E-state index in [2.05, 4.69) is 27.4 Å². The topological polar surface area (TPSA) is 54.2 Å². The number of halogens is 1. The molecule has 1 aliphatic rings. The third-order valence-corrected chi connectivity index (χ3v) is 4.98. The second-order valence-electron chi connectivity index (χ2n) is 4.97. The fraction of sp³-hybridized carbons (Fsp3) is 0.429. The number of nitrogens with one attached hydrogen (secondary N) is 1. The van der Waals surface area contributed by atoms with Crippen molar-refractivity contribution in [2.75, 3.05) is 26.7 Å². The summed E-state index contributed by atoms with van der Waals surface area (Å²) in [6.45, 7) is 2.84. The highest BCUT2D eigenvalue weighted by Crippen LogP contribution is 2.29. The molecular weight excluding hydrogens is 308 g/mol. The lowest BCUT2D eigenvalue weighted by Crippen LogP contribution is -2.44. The van der Waals surface area contributed by atoms with Gasteiger partial charge in [0.05, 0.1) is 16.8 Å². The first-order valence-corrected chi connectivity index (χ1v) is 8.21. The van der Waals surface area contributed by atoms with Crippen molar-refractivity contribution in [3.8, 4) is 0 Å². The van der Waals surface area contributed by atoms with Crippen LogP contribution in [0.2, 0.25) is 5.02 Å². The Bertz CT molecular complexity index is 606. The van der Waals surface area contributed by atoms with Crippen molar-refractivity contribution >= 4 is 23.4 Å². The Morgan fingerprint density at radius 3 is 3.14 bits per heavy atom. The molecule has 1 atom stereocenters. The second-order valence-corrected chi connectivity index (χ2v) is 6.39. The summed E-state index contributed by atoms with van der Waals surface area (Å²) in [5.41, 5.74) is 0. The van der Waals surface area contributed by atoms with Gasteiger partial charge < -0.3 is 9.84 Å². The second kappa shape index (κ2) is 6.79. The molecule has 5 nitrogen and oxygen atoms in total. The van der Waals surface area contributed by atoms with Gasteiger partial charge >= 0.3 is 0 Å². The van der Waals surface area contributed by atoms with Crippen LogP contribution >= 0.6 is 23.4 Å². The highest BCUT2D eigenvalue weighted by molar-refractivity contribution is 7.98. The molecule has 0 bridgehead atoms. The number of likely N-dealkylation sites (N-methyl/N-ethyl adjacent to an activating group) is 1. The molecule has 0 radical (unpaired) electrons. The smallest absolute Gasteiger partial charge is 0.237 e. The number of nitrogens with zero attached hydrogens (tertiary/aromatic N) is 3. The summed E-state index contributed by atoms with van der Waals surface area (Å²) in [4.78, 5) is 7.77. The van der Waals surface area contributed by atoms with Crippen LogP contribution in [0.25, 0.3) is 0 Å². The molecule has 1 aromatic carbocycles. The molecule has 1 aromatic heterocycles. The molecule has 7 heteroatoms. The molecule has 2 heterocycles. The molecular formula is C14H17ClN4OS. The van der Waals surface area contributed by atoms with E-state index < -0.39 is 0 Å². The van der Waals surface area contributed by atoms with Crippen molar-refractivity contribution in [1.29, 1.82) is 0 Å². The zero-order valence-electron chi connectivity index (χ0n) is 11.8. The van der Waals surface area contributed by atoms with Gasteiger partial charge in [0.2, 0.25) is 5.89 Å². The Hall–Kier alpha value is -1.08. The van der Waals surface area contributed by atoms with Gasteiger partial charge in [-0.15, -0.1) is 11.8 Å². The van der Waals surface area contributed by atoms with E-state index in [0.29, 0.717) is 11.6 Å². The zero-order chi connectivity index (χ0) is 14.7. The van der Waals surface area contributed by atoms with Gasteiger partial charge in [0, 0.05) is 24.5 Å². The Kier molecular flexibility index (Phi) is 4.80. The maximum absolute atomic E-state index is 6.13. The lowest BCUT2D eigenvalue weighted by Gasteiger charge is -2.30. The van der Waals surface area contributed by atoms with E-state index in [4.69, 9.17) is 16.1 Å². The van der Waals surface area contributed by atoms with Crippen LogP contribution in [-0.2, 0) is 5.75 Å². The molecule has 0 amide bonds. The predicted molar refractivity (Wildman–Crippen MR) is 83.6 cm³/mol. The van der Waals surface area contributed by atoms with Gasteiger partial charge in [-0.2, -0.15) is 4.98 Å². The summed E-state index contributed by atoms with van der Waals surface area (Å²) in [5.74, 6) is 2.01. The van der Waals surface area contributed by atoms with Crippen molar-refractivity contribution in [3.05, 3.63) is 41.0 Å². The minimum atomic E-state index is 0.182. The third kappa shape index (κ3) is 3.58. The minimum absolute atomic E-state index is 0.182. The summed E-state index contributed by atoms with van der Waals surface area (Å²) < 4.78 is 5.35. The Balaban J connectivity index is 1.64. The zero-order valence-corrected chi connectivity index (χ0v) is 13.3. The maximum Gasteiger partial charge on any atom is 0.237 e. The van der Waals surface area contributed by atoms with Crippen molar-refractivity contribution in [1.82, 2.24) is 20.4 Å². The van der Waals surface area contributed by atoms with Gasteiger partial charge in [-0.05, 0) is 19.2 Å². The van der Waals surface area contributed by atoms with E-state index in [0.717, 1.165) is 35.4 Å². The Labute approximate surface area is 133 Å². The number of piperazine rings is 1. The molecule has 2 aromatic rings. The molecule has 1 fully saturated rings. The van der Waals surface area contributed by atoms with Crippen LogP contribution in [0, 0.1) is 0 Å². The van der Waals surface area contributed by atoms with Crippen molar-refractivity contribution < 1.29 is 4.52 Å². The molecule has 3 rings (SSSR count). The highest BCUT2D eigenvalue weighted by Gasteiger charge is 2.25. The molecule has 21 heavy (non-hydrogen) atoms. The molecule has 0 saturated carbocycles. The molecule has 112 valence electrons. The van der Waals surface area contributed by atoms with E-state index in [9.17, 15) is 0 Å². The maximum atomic E-state index is 6.13. The van der Waals surface area contributed by atoms with E-state index in [-0.39, 0.29) is 6.04 Å². The number of benzene rings is 1. The minimum Gasteiger partial charge on any atom is -0.338 e. The summed E-state index contributed by atoms with van der Waals surface area (Å²) in [6, 6.07) is 7.94. The molecule has 1 unspecified atom stereocenters. The largest absolute Gasteiger partial charge is 0.338 e. The third-order valence-electron chi connectivity index (χ3n) is 3.48. The molecule has 1 N–H and O–H groups in total. The van der Waals surface area contributed by atoms with E-state index in [1.807, 2.05) is 24.3 Å². The number of thioether (sulfide) groups is 1. The number of rotatable bonds is 4. The summed E-state index contributed by atoms with van der Waals surface area (Å²) in [6.07, 6.45) is 0. The van der Waals surface area contributed by atoms with Crippen LogP contribution in [0.15, 0.2) is 33.7 Å². The summed E-state index contributed by atoms with van der Waals surface area (Å²) in [7, 11) is 2.08. The first-order valence-electron chi connectivity index (χ1n) is 6.85. The van der Waals surface area contributed by atoms with E-state index >= 15 is 0 Å². The SMILES string of the molecule is CN1CCNCC1c1noc(CSc2ccccc2Cl)n1. The lowest BCUT2D eigenvalue weighted by atomic mass is 10.2. The van der Waals surface area contributed by atoms with Crippen LogP contribution in [0.1, 0.15) is 17.8 Å². The van der Waals surface area contributed by atoms with Gasteiger partial charge in [-0.25, -0.2) is 0 Å². The Morgan fingerprint density at radius 2 is 2.33 bits per heavy atom. The Morgan fingerprint density at radius 1 is 1.48 bits per heavy atom. The highest BCUT2D eigenvalue weighted by atomic mass is 35.5. The van der Waals surface area contributed by atoms with Crippen molar-refractivity contribution in [2.24, 2.45) is 0 Å². The van der Waals surface area contributed by atoms with Crippen LogP contribution < -0.4 is 5.32 Å². The normalized spacial score (nSPS) is 19.8. The average Bonchev–Trinajstić information content (AvgIpc) is 2.96. The first-order chi connectivity index (χ1) is 10.2. The van der Waals surface area contributed by atoms with Crippen LogP contribution in [0.3, 0.4) is 0 Å². The lowest BCUT2D eigenvalue weighted by molar-refractivity contribution is 0.190. The van der Waals surface area contributed by atoms with Crippen LogP contribution in [0.4, 0.5) is 0 Å². The predicted octanol–water partition coefficient (Wildman–Crippen LogP) is 2.59. The number of hydrogen-bond acceptors (Lipinski definition) is 6. The molecule has 0 spiro atoms. The van der Waals surface area contributed by atoms with Gasteiger partial charge in [0.1, 0.15) is 0 Å². The first kappa shape index (κ1) is 14.8. The fourth-order valence-electron chi connectivity index (χ4n) is 2.26. The van der Waals surface area contributed by atoms with Gasteiger partial charge in [0.25, 0.3) is 0 Å². The molecule has 1 saturated heterocycles. The summed E-state index contributed by atoms with van der Waals surface area (Å²) in [5, 5.41) is 8.21. The molecule has 0 aliphatic carbocycles. The standard InChI is InChI=1S/C14H17ClN4OS/c1-19-7-6-16-8-11(19)14-17-13(20-18-14)9-21-12-5-3-2-4-10(12)15/h2-5,11,16H,6-9H2,1H3. The summed E-state index contributed by atoms with van der Waals surface area (Å²) >= 11 is 7.74. The van der Waals surface area contributed by atoms with Gasteiger partial charge in [-0.3, -0.25) is 4.90 Å². The average molecular weight is 325 g/mol. The number of aromatic nitrogens is 2. The monoisotopic (exact) mass is 324 g/mol. The quantitative estimate of drug-likeness (QED) is 0.872. The number of hydrogen-bond donors (Lipinski definition) is 1. The van der Waals surface area contributed by atoms with Crippen molar-refractivity contribution in [3.63, 3.8) is 0 Å². The van der Waals surface area contributed by atoms with Gasteiger partial charge in [0.15, 0.2) is 5.82 Å². The van der Waals surface area contributed by atoms with Crippen LogP contribution in [-0.4, -0.2) is 41.7 Å². The fourth-order valence-corrected chi connectivity index (χ4v) is 3.33.